The molecule has 0 aromatic heterocycles. The number of likely N-dealkylation sites (N-methyl/N-ethyl adjacent to an activating group) is 1. The predicted octanol–water partition coefficient (Wildman–Crippen LogP) is 3.69. The number of rotatable bonds is 4. The summed E-state index contributed by atoms with van der Waals surface area (Å²) in [6.45, 7) is 7.41. The Bertz CT molecular complexity index is 711. The molecule has 0 atom stereocenters. The van der Waals surface area contributed by atoms with E-state index >= 15 is 0 Å². The molecule has 0 unspecified atom stereocenters. The largest absolute Gasteiger partial charge is 0.367 e. The predicted molar refractivity (Wildman–Crippen MR) is 108 cm³/mol. The summed E-state index contributed by atoms with van der Waals surface area (Å²) in [4.78, 5) is 17.4. The van der Waals surface area contributed by atoms with E-state index in [4.69, 9.17) is 0 Å². The van der Waals surface area contributed by atoms with Gasteiger partial charge in [0.25, 0.3) is 5.91 Å². The highest BCUT2D eigenvalue weighted by atomic mass is 127. The van der Waals surface area contributed by atoms with Crippen molar-refractivity contribution in [2.75, 3.05) is 42.9 Å². The maximum atomic E-state index is 12.6. The second kappa shape index (κ2) is 7.98. The summed E-state index contributed by atoms with van der Waals surface area (Å²) in [5.41, 5.74) is 2.67. The molecule has 1 saturated heterocycles. The van der Waals surface area contributed by atoms with Crippen molar-refractivity contribution in [1.29, 1.82) is 0 Å². The minimum absolute atomic E-state index is 0.0619. The first-order valence-electron chi connectivity index (χ1n) is 8.30. The highest BCUT2D eigenvalue weighted by Crippen LogP contribution is 2.27. The Balaban J connectivity index is 1.76. The Hall–Kier alpha value is -1.60. The number of para-hydroxylation sites is 2. The Morgan fingerprint density at radius 1 is 1.08 bits per heavy atom. The fourth-order valence-corrected chi connectivity index (χ4v) is 3.53. The standard InChI is InChI=1S/C19H22IN3O/c1-2-22-10-12-23(13-11-22)18-9-4-3-8-17(18)21-19(24)15-6-5-7-16(20)14-15/h3-9,14H,2,10-13H2,1H3,(H,21,24). The molecule has 1 N–H and O–H groups in total. The molecule has 3 rings (SSSR count). The first kappa shape index (κ1) is 17.2. The molecule has 5 heteroatoms. The number of piperazine rings is 1. The third-order valence-corrected chi connectivity index (χ3v) is 5.07. The van der Waals surface area contributed by atoms with Gasteiger partial charge in [-0.05, 0) is 59.5 Å². The van der Waals surface area contributed by atoms with Crippen molar-refractivity contribution in [3.8, 4) is 0 Å². The van der Waals surface area contributed by atoms with Gasteiger partial charge in [-0.1, -0.05) is 25.1 Å². The number of nitrogens with one attached hydrogen (secondary N) is 1. The number of benzene rings is 2. The van der Waals surface area contributed by atoms with Crippen LogP contribution in [-0.4, -0.2) is 43.5 Å². The molecule has 1 aliphatic rings. The van der Waals surface area contributed by atoms with E-state index in [9.17, 15) is 4.79 Å². The molecule has 1 fully saturated rings. The monoisotopic (exact) mass is 435 g/mol. The van der Waals surface area contributed by atoms with Crippen LogP contribution in [0.2, 0.25) is 0 Å². The molecule has 0 bridgehead atoms. The average Bonchev–Trinajstić information content (AvgIpc) is 2.62. The molecule has 1 amide bonds. The van der Waals surface area contributed by atoms with Crippen molar-refractivity contribution < 1.29 is 4.79 Å². The summed E-state index contributed by atoms with van der Waals surface area (Å²) in [5, 5.41) is 3.08. The third kappa shape index (κ3) is 4.08. The first-order valence-corrected chi connectivity index (χ1v) is 9.38. The van der Waals surface area contributed by atoms with Gasteiger partial charge in [-0.2, -0.15) is 0 Å². The Labute approximate surface area is 157 Å². The van der Waals surface area contributed by atoms with Crippen molar-refractivity contribution in [3.05, 3.63) is 57.7 Å². The van der Waals surface area contributed by atoms with Crippen LogP contribution in [0.1, 0.15) is 17.3 Å². The number of amides is 1. The van der Waals surface area contributed by atoms with Crippen molar-refractivity contribution in [1.82, 2.24) is 4.90 Å². The van der Waals surface area contributed by atoms with Crippen LogP contribution >= 0.6 is 22.6 Å². The van der Waals surface area contributed by atoms with Gasteiger partial charge in [-0.25, -0.2) is 0 Å². The normalized spacial score (nSPS) is 15.3. The minimum Gasteiger partial charge on any atom is -0.367 e. The van der Waals surface area contributed by atoms with Gasteiger partial charge in [0.2, 0.25) is 0 Å². The van der Waals surface area contributed by atoms with Gasteiger partial charge in [0.1, 0.15) is 0 Å². The third-order valence-electron chi connectivity index (χ3n) is 4.40. The van der Waals surface area contributed by atoms with E-state index in [1.807, 2.05) is 42.5 Å². The van der Waals surface area contributed by atoms with Crippen molar-refractivity contribution >= 4 is 39.9 Å². The number of hydrogen-bond acceptors (Lipinski definition) is 3. The lowest BCUT2D eigenvalue weighted by atomic mass is 10.2. The highest BCUT2D eigenvalue weighted by Gasteiger charge is 2.19. The van der Waals surface area contributed by atoms with Crippen LogP contribution in [0, 0.1) is 3.57 Å². The number of carbonyl (C=O) groups is 1. The lowest BCUT2D eigenvalue weighted by Crippen LogP contribution is -2.46. The Morgan fingerprint density at radius 3 is 2.54 bits per heavy atom. The maximum Gasteiger partial charge on any atom is 0.255 e. The molecule has 0 spiro atoms. The van der Waals surface area contributed by atoms with Crippen molar-refractivity contribution in [2.24, 2.45) is 0 Å². The van der Waals surface area contributed by atoms with Gasteiger partial charge < -0.3 is 15.1 Å². The Kier molecular flexibility index (Phi) is 5.73. The molecule has 0 radical (unpaired) electrons. The first-order chi connectivity index (χ1) is 11.7. The smallest absolute Gasteiger partial charge is 0.255 e. The second-order valence-electron chi connectivity index (χ2n) is 5.90. The molecule has 24 heavy (non-hydrogen) atoms. The van der Waals surface area contributed by atoms with Gasteiger partial charge in [-0.15, -0.1) is 0 Å². The van der Waals surface area contributed by atoms with Crippen LogP contribution < -0.4 is 10.2 Å². The summed E-state index contributed by atoms with van der Waals surface area (Å²) in [6, 6.07) is 15.7. The van der Waals surface area contributed by atoms with Crippen LogP contribution in [0.5, 0.6) is 0 Å². The van der Waals surface area contributed by atoms with E-state index in [-0.39, 0.29) is 5.91 Å². The number of halogens is 1. The molecule has 126 valence electrons. The van der Waals surface area contributed by atoms with Crippen LogP contribution in [0.4, 0.5) is 11.4 Å². The zero-order chi connectivity index (χ0) is 16.9. The van der Waals surface area contributed by atoms with Gasteiger partial charge in [-0.3, -0.25) is 4.79 Å². The van der Waals surface area contributed by atoms with Crippen LogP contribution in [0.15, 0.2) is 48.5 Å². The van der Waals surface area contributed by atoms with Crippen LogP contribution in [0.25, 0.3) is 0 Å². The summed E-state index contributed by atoms with van der Waals surface area (Å²) in [6.07, 6.45) is 0. The molecule has 2 aromatic rings. The molecular formula is C19H22IN3O. The summed E-state index contributed by atoms with van der Waals surface area (Å²) in [7, 11) is 0. The van der Waals surface area contributed by atoms with E-state index in [0.717, 1.165) is 47.7 Å². The second-order valence-corrected chi connectivity index (χ2v) is 7.15. The number of nitrogens with zero attached hydrogens (tertiary/aromatic N) is 2. The highest BCUT2D eigenvalue weighted by molar-refractivity contribution is 14.1. The fourth-order valence-electron chi connectivity index (χ4n) is 2.98. The van der Waals surface area contributed by atoms with Crippen LogP contribution in [-0.2, 0) is 0 Å². The molecule has 2 aromatic carbocycles. The van der Waals surface area contributed by atoms with Gasteiger partial charge in [0.15, 0.2) is 0 Å². The van der Waals surface area contributed by atoms with Crippen molar-refractivity contribution in [3.63, 3.8) is 0 Å². The zero-order valence-corrected chi connectivity index (χ0v) is 16.0. The van der Waals surface area contributed by atoms with E-state index in [2.05, 4.69) is 50.7 Å². The maximum absolute atomic E-state index is 12.6. The SMILES string of the molecule is CCN1CCN(c2ccccc2NC(=O)c2cccc(I)c2)CC1. The molecule has 1 aliphatic heterocycles. The van der Waals surface area contributed by atoms with Gasteiger partial charge in [0, 0.05) is 35.3 Å². The van der Waals surface area contributed by atoms with E-state index < -0.39 is 0 Å². The zero-order valence-electron chi connectivity index (χ0n) is 13.8. The summed E-state index contributed by atoms with van der Waals surface area (Å²) >= 11 is 2.22. The van der Waals surface area contributed by atoms with E-state index in [0.29, 0.717) is 5.56 Å². The number of hydrogen-bond donors (Lipinski definition) is 1. The van der Waals surface area contributed by atoms with Crippen molar-refractivity contribution in [2.45, 2.75) is 6.92 Å². The number of anilines is 2. The van der Waals surface area contributed by atoms with E-state index in [1.54, 1.807) is 0 Å². The van der Waals surface area contributed by atoms with Gasteiger partial charge >= 0.3 is 0 Å². The molecule has 1 heterocycles. The molecular weight excluding hydrogens is 413 g/mol. The molecule has 0 saturated carbocycles. The molecule has 4 nitrogen and oxygen atoms in total. The van der Waals surface area contributed by atoms with E-state index in [1.165, 1.54) is 0 Å². The summed E-state index contributed by atoms with van der Waals surface area (Å²) in [5.74, 6) is -0.0619. The van der Waals surface area contributed by atoms with Gasteiger partial charge in [0.05, 0.1) is 11.4 Å². The minimum atomic E-state index is -0.0619. The average molecular weight is 435 g/mol. The topological polar surface area (TPSA) is 35.6 Å². The van der Waals surface area contributed by atoms with Crippen LogP contribution in [0.3, 0.4) is 0 Å². The number of carbonyl (C=O) groups excluding carboxylic acids is 1. The lowest BCUT2D eigenvalue weighted by Gasteiger charge is -2.36. The summed E-state index contributed by atoms with van der Waals surface area (Å²) < 4.78 is 1.06. The molecule has 0 aliphatic carbocycles. The quantitative estimate of drug-likeness (QED) is 0.745. The fraction of sp³-hybridized carbons (Fsp3) is 0.316. The Morgan fingerprint density at radius 2 is 1.83 bits per heavy atom. The lowest BCUT2D eigenvalue weighted by molar-refractivity contribution is 0.102.